The van der Waals surface area contributed by atoms with E-state index in [1.165, 1.54) is 36.1 Å². The van der Waals surface area contributed by atoms with Gasteiger partial charge in [-0.2, -0.15) is 5.10 Å². The molecule has 1 aromatic heterocycles. The second kappa shape index (κ2) is 5.65. The van der Waals surface area contributed by atoms with E-state index in [-0.39, 0.29) is 21.8 Å². The van der Waals surface area contributed by atoms with Crippen LogP contribution in [0.15, 0.2) is 29.4 Å². The van der Waals surface area contributed by atoms with Gasteiger partial charge in [0.1, 0.15) is 17.9 Å². The zero-order valence-corrected chi connectivity index (χ0v) is 12.5. The number of nitrogens with zero attached hydrogens (tertiary/aromatic N) is 3. The van der Waals surface area contributed by atoms with Gasteiger partial charge in [-0.05, 0) is 31.5 Å². The molecule has 0 radical (unpaired) electrons. The largest absolute Gasteiger partial charge is 0.478 e. The van der Waals surface area contributed by atoms with E-state index >= 15 is 0 Å². The van der Waals surface area contributed by atoms with Crippen LogP contribution in [-0.2, 0) is 22.1 Å². The second-order valence-corrected chi connectivity index (χ2v) is 6.44. The number of hydrogen-bond acceptors (Lipinski definition) is 5. The number of benzene rings is 1. The van der Waals surface area contributed by atoms with Crippen molar-refractivity contribution < 1.29 is 18.3 Å². The summed E-state index contributed by atoms with van der Waals surface area (Å²) in [6, 6.07) is 4.21. The van der Waals surface area contributed by atoms with Gasteiger partial charge in [0.15, 0.2) is 9.84 Å². The van der Waals surface area contributed by atoms with Gasteiger partial charge < -0.3 is 5.11 Å². The van der Waals surface area contributed by atoms with E-state index in [0.717, 1.165) is 0 Å². The predicted molar refractivity (Wildman–Crippen MR) is 74.7 cm³/mol. The van der Waals surface area contributed by atoms with Crippen LogP contribution in [0, 0.1) is 6.92 Å². The van der Waals surface area contributed by atoms with Gasteiger partial charge in [-0.1, -0.05) is 6.07 Å². The molecule has 1 heterocycles. The van der Waals surface area contributed by atoms with Crippen LogP contribution in [0.2, 0.25) is 0 Å². The van der Waals surface area contributed by atoms with Crippen LogP contribution in [0.4, 0.5) is 0 Å². The third kappa shape index (κ3) is 2.94. The lowest BCUT2D eigenvalue weighted by molar-refractivity contribution is 0.0696. The van der Waals surface area contributed by atoms with Crippen molar-refractivity contribution in [3.8, 4) is 0 Å². The molecule has 7 nitrogen and oxygen atoms in total. The van der Waals surface area contributed by atoms with Crippen LogP contribution in [0.1, 0.15) is 28.7 Å². The molecule has 0 amide bonds. The molecule has 0 aliphatic heterocycles. The van der Waals surface area contributed by atoms with Crippen molar-refractivity contribution in [3.05, 3.63) is 41.5 Å². The molecule has 0 saturated carbocycles. The smallest absolute Gasteiger partial charge is 0.335 e. The van der Waals surface area contributed by atoms with E-state index in [4.69, 9.17) is 5.11 Å². The van der Waals surface area contributed by atoms with E-state index in [0.29, 0.717) is 12.4 Å². The van der Waals surface area contributed by atoms with Crippen LogP contribution in [-0.4, -0.2) is 34.3 Å². The fourth-order valence-electron chi connectivity index (χ4n) is 2.09. The Morgan fingerprint density at radius 1 is 1.38 bits per heavy atom. The SMILES string of the molecule is CCn1ncnc1CS(=O)(=O)c1cccc(C(=O)O)c1C. The van der Waals surface area contributed by atoms with Crippen molar-refractivity contribution >= 4 is 15.8 Å². The molecule has 0 saturated heterocycles. The number of aromatic nitrogens is 3. The molecule has 0 unspecified atom stereocenters. The van der Waals surface area contributed by atoms with E-state index in [9.17, 15) is 13.2 Å². The first-order chi connectivity index (χ1) is 9.86. The second-order valence-electron chi connectivity index (χ2n) is 4.48. The highest BCUT2D eigenvalue weighted by Crippen LogP contribution is 2.22. The van der Waals surface area contributed by atoms with Crippen molar-refractivity contribution in [2.45, 2.75) is 31.0 Å². The summed E-state index contributed by atoms with van der Waals surface area (Å²) in [7, 11) is -3.69. The van der Waals surface area contributed by atoms with Crippen molar-refractivity contribution in [1.29, 1.82) is 0 Å². The molecule has 0 fully saturated rings. The van der Waals surface area contributed by atoms with Gasteiger partial charge in [0.25, 0.3) is 0 Å². The topological polar surface area (TPSA) is 102 Å². The number of aromatic carboxylic acids is 1. The minimum atomic E-state index is -3.69. The fourth-order valence-corrected chi connectivity index (χ4v) is 3.68. The van der Waals surface area contributed by atoms with Crippen LogP contribution in [0.3, 0.4) is 0 Å². The quantitative estimate of drug-likeness (QED) is 0.892. The summed E-state index contributed by atoms with van der Waals surface area (Å²) in [4.78, 5) is 15.0. The molecule has 21 heavy (non-hydrogen) atoms. The molecule has 1 aromatic carbocycles. The van der Waals surface area contributed by atoms with Gasteiger partial charge in [-0.15, -0.1) is 0 Å². The molecule has 0 atom stereocenters. The number of aryl methyl sites for hydroxylation is 1. The monoisotopic (exact) mass is 309 g/mol. The maximum atomic E-state index is 12.5. The maximum Gasteiger partial charge on any atom is 0.335 e. The standard InChI is InChI=1S/C13H15N3O4S/c1-3-16-12(14-8-15-16)7-21(19,20)11-6-4-5-10(9(11)2)13(17)18/h4-6,8H,3,7H2,1-2H3,(H,17,18). The summed E-state index contributed by atoms with van der Waals surface area (Å²) in [5, 5.41) is 13.0. The summed E-state index contributed by atoms with van der Waals surface area (Å²) in [6.45, 7) is 3.83. The number of carboxylic acid groups (broad SMARTS) is 1. The molecule has 2 aromatic rings. The Morgan fingerprint density at radius 3 is 2.71 bits per heavy atom. The molecule has 112 valence electrons. The first-order valence-corrected chi connectivity index (χ1v) is 7.94. The fraction of sp³-hybridized carbons (Fsp3) is 0.308. The van der Waals surface area contributed by atoms with E-state index < -0.39 is 15.8 Å². The van der Waals surface area contributed by atoms with E-state index in [1.807, 2.05) is 6.92 Å². The molecule has 2 rings (SSSR count). The molecule has 8 heteroatoms. The van der Waals surface area contributed by atoms with Crippen molar-refractivity contribution in [3.63, 3.8) is 0 Å². The molecule has 0 aliphatic carbocycles. The maximum absolute atomic E-state index is 12.5. The average molecular weight is 309 g/mol. The molecular formula is C13H15N3O4S. The zero-order valence-electron chi connectivity index (χ0n) is 11.6. The van der Waals surface area contributed by atoms with Crippen LogP contribution in [0.5, 0.6) is 0 Å². The lowest BCUT2D eigenvalue weighted by Crippen LogP contribution is -2.14. The highest BCUT2D eigenvalue weighted by Gasteiger charge is 2.23. The Labute approximate surface area is 122 Å². The Balaban J connectivity index is 2.46. The summed E-state index contributed by atoms with van der Waals surface area (Å²) in [5.74, 6) is -1.14. The molecule has 0 spiro atoms. The summed E-state index contributed by atoms with van der Waals surface area (Å²) in [6.07, 6.45) is 1.30. The zero-order chi connectivity index (χ0) is 15.6. The average Bonchev–Trinajstić information content (AvgIpc) is 2.84. The Kier molecular flexibility index (Phi) is 4.08. The number of rotatable bonds is 5. The van der Waals surface area contributed by atoms with Gasteiger partial charge in [0.2, 0.25) is 0 Å². The van der Waals surface area contributed by atoms with E-state index in [2.05, 4.69) is 10.1 Å². The normalized spacial score (nSPS) is 11.5. The lowest BCUT2D eigenvalue weighted by atomic mass is 10.1. The summed E-state index contributed by atoms with van der Waals surface area (Å²) in [5.41, 5.74) is 0.209. The molecule has 0 aliphatic rings. The number of carbonyl (C=O) groups is 1. The molecular weight excluding hydrogens is 294 g/mol. The third-order valence-corrected chi connectivity index (χ3v) is 4.91. The highest BCUT2D eigenvalue weighted by atomic mass is 32.2. The minimum Gasteiger partial charge on any atom is -0.478 e. The van der Waals surface area contributed by atoms with Gasteiger partial charge in [0, 0.05) is 6.54 Å². The Bertz CT molecular complexity index is 780. The number of hydrogen-bond donors (Lipinski definition) is 1. The van der Waals surface area contributed by atoms with E-state index in [1.54, 1.807) is 0 Å². The third-order valence-electron chi connectivity index (χ3n) is 3.16. The molecule has 0 bridgehead atoms. The van der Waals surface area contributed by atoms with Crippen LogP contribution < -0.4 is 0 Å². The number of sulfone groups is 1. The van der Waals surface area contributed by atoms with Crippen molar-refractivity contribution in [1.82, 2.24) is 14.8 Å². The Morgan fingerprint density at radius 2 is 2.10 bits per heavy atom. The van der Waals surface area contributed by atoms with Gasteiger partial charge >= 0.3 is 5.97 Å². The Hall–Kier alpha value is -2.22. The van der Waals surface area contributed by atoms with Gasteiger partial charge in [0.05, 0.1) is 10.5 Å². The first kappa shape index (κ1) is 15.2. The lowest BCUT2D eigenvalue weighted by Gasteiger charge is -2.10. The van der Waals surface area contributed by atoms with Gasteiger partial charge in [-0.25, -0.2) is 22.9 Å². The van der Waals surface area contributed by atoms with Gasteiger partial charge in [-0.3, -0.25) is 0 Å². The highest BCUT2D eigenvalue weighted by molar-refractivity contribution is 7.90. The van der Waals surface area contributed by atoms with Crippen LogP contribution >= 0.6 is 0 Å². The van der Waals surface area contributed by atoms with Crippen LogP contribution in [0.25, 0.3) is 0 Å². The first-order valence-electron chi connectivity index (χ1n) is 6.29. The summed E-state index contributed by atoms with van der Waals surface area (Å²) >= 11 is 0. The minimum absolute atomic E-state index is 0.00746. The van der Waals surface area contributed by atoms with Crippen molar-refractivity contribution in [2.24, 2.45) is 0 Å². The molecule has 1 N–H and O–H groups in total. The van der Waals surface area contributed by atoms with Crippen molar-refractivity contribution in [2.75, 3.05) is 0 Å². The summed E-state index contributed by atoms with van der Waals surface area (Å²) < 4.78 is 26.5. The predicted octanol–water partition coefficient (Wildman–Crippen LogP) is 1.28. The number of carboxylic acids is 1.